The van der Waals surface area contributed by atoms with Crippen LogP contribution in [0.2, 0.25) is 0 Å². The quantitative estimate of drug-likeness (QED) is 0.885. The van der Waals surface area contributed by atoms with Crippen molar-refractivity contribution in [1.29, 1.82) is 0 Å². The van der Waals surface area contributed by atoms with Gasteiger partial charge >= 0.3 is 0 Å². The van der Waals surface area contributed by atoms with Crippen LogP contribution in [0.5, 0.6) is 11.5 Å². The highest BCUT2D eigenvalue weighted by Crippen LogP contribution is 2.30. The number of rotatable bonds is 3. The van der Waals surface area contributed by atoms with E-state index in [9.17, 15) is 13.2 Å². The molecule has 0 amide bonds. The van der Waals surface area contributed by atoms with Gasteiger partial charge in [-0.25, -0.2) is 13.2 Å². The van der Waals surface area contributed by atoms with Crippen LogP contribution in [0.3, 0.4) is 0 Å². The summed E-state index contributed by atoms with van der Waals surface area (Å²) in [6.07, 6.45) is 0.0772. The SMILES string of the molecule is Nc1cc(F)c(OCC2Cc3cc(F)ccc3O2)cc1F. The molecule has 0 aromatic heterocycles. The summed E-state index contributed by atoms with van der Waals surface area (Å²) in [5.74, 6) is -1.48. The molecule has 1 aliphatic heterocycles. The molecule has 21 heavy (non-hydrogen) atoms. The Morgan fingerprint density at radius 2 is 1.95 bits per heavy atom. The van der Waals surface area contributed by atoms with Gasteiger partial charge in [-0.05, 0) is 18.2 Å². The molecule has 0 saturated carbocycles. The number of ether oxygens (including phenoxy) is 2. The van der Waals surface area contributed by atoms with Crippen molar-refractivity contribution in [3.63, 3.8) is 0 Å². The fraction of sp³-hybridized carbons (Fsp3) is 0.200. The molecule has 110 valence electrons. The smallest absolute Gasteiger partial charge is 0.167 e. The van der Waals surface area contributed by atoms with Crippen LogP contribution in [0.25, 0.3) is 0 Å². The van der Waals surface area contributed by atoms with E-state index in [-0.39, 0.29) is 30.0 Å². The second kappa shape index (κ2) is 5.20. The van der Waals surface area contributed by atoms with Crippen LogP contribution < -0.4 is 15.2 Å². The monoisotopic (exact) mass is 295 g/mol. The van der Waals surface area contributed by atoms with Crippen molar-refractivity contribution in [1.82, 2.24) is 0 Å². The Morgan fingerprint density at radius 3 is 2.76 bits per heavy atom. The molecule has 0 fully saturated rings. The molecule has 3 rings (SSSR count). The van der Waals surface area contributed by atoms with Crippen LogP contribution in [0.1, 0.15) is 5.56 Å². The van der Waals surface area contributed by atoms with E-state index in [0.29, 0.717) is 12.2 Å². The summed E-state index contributed by atoms with van der Waals surface area (Å²) in [5, 5.41) is 0. The van der Waals surface area contributed by atoms with Crippen LogP contribution >= 0.6 is 0 Å². The fourth-order valence-electron chi connectivity index (χ4n) is 2.22. The summed E-state index contributed by atoms with van der Waals surface area (Å²) in [5.41, 5.74) is 5.70. The highest BCUT2D eigenvalue weighted by molar-refractivity contribution is 5.44. The summed E-state index contributed by atoms with van der Waals surface area (Å²) in [7, 11) is 0. The maximum absolute atomic E-state index is 13.6. The van der Waals surface area contributed by atoms with Crippen molar-refractivity contribution in [3.05, 3.63) is 53.3 Å². The topological polar surface area (TPSA) is 44.5 Å². The number of nitrogen functional groups attached to an aromatic ring is 1. The lowest BCUT2D eigenvalue weighted by Crippen LogP contribution is -2.22. The molecule has 0 saturated heterocycles. The number of nitrogens with two attached hydrogens (primary N) is 1. The average molecular weight is 295 g/mol. The first kappa shape index (κ1) is 13.6. The third-order valence-corrected chi connectivity index (χ3v) is 3.24. The van der Waals surface area contributed by atoms with Gasteiger partial charge in [0.25, 0.3) is 0 Å². The van der Waals surface area contributed by atoms with Gasteiger partial charge in [-0.2, -0.15) is 0 Å². The second-order valence-corrected chi connectivity index (χ2v) is 4.81. The van der Waals surface area contributed by atoms with Crippen molar-refractivity contribution in [3.8, 4) is 11.5 Å². The lowest BCUT2D eigenvalue weighted by molar-refractivity contribution is 0.145. The molecule has 1 aliphatic rings. The first-order valence-electron chi connectivity index (χ1n) is 6.35. The Bertz CT molecular complexity index is 691. The molecule has 1 heterocycles. The highest BCUT2D eigenvalue weighted by atomic mass is 19.1. The summed E-state index contributed by atoms with van der Waals surface area (Å²) < 4.78 is 50.7. The average Bonchev–Trinajstić information content (AvgIpc) is 2.83. The molecule has 6 heteroatoms. The van der Waals surface area contributed by atoms with E-state index < -0.39 is 11.6 Å². The normalized spacial score (nSPS) is 16.4. The van der Waals surface area contributed by atoms with Gasteiger partial charge in [0.15, 0.2) is 11.6 Å². The third-order valence-electron chi connectivity index (χ3n) is 3.24. The summed E-state index contributed by atoms with van der Waals surface area (Å²) >= 11 is 0. The van der Waals surface area contributed by atoms with Crippen molar-refractivity contribution in [2.24, 2.45) is 0 Å². The van der Waals surface area contributed by atoms with E-state index in [4.69, 9.17) is 15.2 Å². The minimum Gasteiger partial charge on any atom is -0.487 e. The number of anilines is 1. The largest absolute Gasteiger partial charge is 0.487 e. The van der Waals surface area contributed by atoms with Gasteiger partial charge in [0, 0.05) is 24.1 Å². The Kier molecular flexibility index (Phi) is 3.37. The standard InChI is InChI=1S/C15H12F3NO2/c16-9-1-2-14-8(3-9)4-10(21-14)7-20-15-6-11(17)13(19)5-12(15)18/h1-3,5-6,10H,4,7,19H2. The molecule has 2 aromatic carbocycles. The Labute approximate surface area is 119 Å². The molecule has 1 atom stereocenters. The number of hydrogen-bond donors (Lipinski definition) is 1. The zero-order valence-electron chi connectivity index (χ0n) is 10.9. The molecule has 3 nitrogen and oxygen atoms in total. The minimum absolute atomic E-state index is 0.0244. The summed E-state index contributed by atoms with van der Waals surface area (Å²) in [4.78, 5) is 0. The molecular weight excluding hydrogens is 283 g/mol. The molecule has 2 aromatic rings. The van der Waals surface area contributed by atoms with E-state index >= 15 is 0 Å². The minimum atomic E-state index is -0.746. The van der Waals surface area contributed by atoms with Crippen LogP contribution in [-0.2, 0) is 6.42 Å². The van der Waals surface area contributed by atoms with Gasteiger partial charge in [-0.15, -0.1) is 0 Å². The molecule has 0 bridgehead atoms. The fourth-order valence-corrected chi connectivity index (χ4v) is 2.22. The van der Waals surface area contributed by atoms with Gasteiger partial charge < -0.3 is 15.2 Å². The van der Waals surface area contributed by atoms with Gasteiger partial charge in [0.05, 0.1) is 5.69 Å². The first-order valence-corrected chi connectivity index (χ1v) is 6.35. The zero-order chi connectivity index (χ0) is 15.0. The maximum atomic E-state index is 13.6. The zero-order valence-corrected chi connectivity index (χ0v) is 10.9. The lowest BCUT2D eigenvalue weighted by atomic mass is 10.1. The van der Waals surface area contributed by atoms with E-state index in [2.05, 4.69) is 0 Å². The number of benzene rings is 2. The third kappa shape index (κ3) is 2.74. The molecular formula is C15H12F3NO2. The highest BCUT2D eigenvalue weighted by Gasteiger charge is 2.24. The van der Waals surface area contributed by atoms with E-state index in [1.165, 1.54) is 18.2 Å². The molecule has 1 unspecified atom stereocenters. The van der Waals surface area contributed by atoms with Gasteiger partial charge in [-0.1, -0.05) is 0 Å². The van der Waals surface area contributed by atoms with E-state index in [1.807, 2.05) is 0 Å². The van der Waals surface area contributed by atoms with Gasteiger partial charge in [-0.3, -0.25) is 0 Å². The predicted octanol–water partition coefficient (Wildman–Crippen LogP) is 3.07. The van der Waals surface area contributed by atoms with Crippen LogP contribution in [0, 0.1) is 17.5 Å². The molecule has 0 radical (unpaired) electrons. The second-order valence-electron chi connectivity index (χ2n) is 4.81. The number of halogens is 3. The van der Waals surface area contributed by atoms with E-state index in [1.54, 1.807) is 0 Å². The molecule has 0 aliphatic carbocycles. The molecule has 2 N–H and O–H groups in total. The Hall–Kier alpha value is -2.37. The van der Waals surface area contributed by atoms with E-state index in [0.717, 1.165) is 17.7 Å². The molecule has 0 spiro atoms. The maximum Gasteiger partial charge on any atom is 0.167 e. The van der Waals surface area contributed by atoms with Crippen LogP contribution in [0.15, 0.2) is 30.3 Å². The number of fused-ring (bicyclic) bond motifs is 1. The van der Waals surface area contributed by atoms with Crippen LogP contribution in [-0.4, -0.2) is 12.7 Å². The van der Waals surface area contributed by atoms with Crippen molar-refractivity contribution in [2.45, 2.75) is 12.5 Å². The van der Waals surface area contributed by atoms with Crippen LogP contribution in [0.4, 0.5) is 18.9 Å². The lowest BCUT2D eigenvalue weighted by Gasteiger charge is -2.13. The van der Waals surface area contributed by atoms with Crippen molar-refractivity contribution < 1.29 is 22.6 Å². The Morgan fingerprint density at radius 1 is 1.14 bits per heavy atom. The van der Waals surface area contributed by atoms with Gasteiger partial charge in [0.1, 0.15) is 30.1 Å². The predicted molar refractivity (Wildman–Crippen MR) is 70.8 cm³/mol. The Balaban J connectivity index is 1.66. The summed E-state index contributed by atoms with van der Waals surface area (Å²) in [6, 6.07) is 5.99. The summed E-state index contributed by atoms with van der Waals surface area (Å²) in [6.45, 7) is 0.0244. The van der Waals surface area contributed by atoms with Gasteiger partial charge in [0.2, 0.25) is 0 Å². The number of hydrogen-bond acceptors (Lipinski definition) is 3. The van der Waals surface area contributed by atoms with Crippen molar-refractivity contribution >= 4 is 5.69 Å². The first-order chi connectivity index (χ1) is 10.0. The van der Waals surface area contributed by atoms with Crippen molar-refractivity contribution in [2.75, 3.05) is 12.3 Å².